The van der Waals surface area contributed by atoms with E-state index in [1.54, 1.807) is 12.3 Å². The molecule has 1 aliphatic heterocycles. The van der Waals surface area contributed by atoms with Crippen molar-refractivity contribution < 1.29 is 14.1 Å². The standard InChI is InChI=1S/C12H15BClNO3/c1-11(2)12(3,4)18-13(17-11)8-5-9(14)10(7-16)15-6-8/h5-7H,1-4H3. The van der Waals surface area contributed by atoms with Crippen LogP contribution in [0.2, 0.25) is 5.02 Å². The summed E-state index contributed by atoms with van der Waals surface area (Å²) in [5.74, 6) is 0. The molecule has 0 aliphatic carbocycles. The maximum absolute atomic E-state index is 10.7. The zero-order valence-corrected chi connectivity index (χ0v) is 11.6. The van der Waals surface area contributed by atoms with Crippen molar-refractivity contribution in [1.29, 1.82) is 0 Å². The van der Waals surface area contributed by atoms with Crippen LogP contribution in [0, 0.1) is 0 Å². The normalized spacial score (nSPS) is 21.1. The first-order valence-corrected chi connectivity index (χ1v) is 6.11. The average Bonchev–Trinajstić information content (AvgIpc) is 2.48. The van der Waals surface area contributed by atoms with Gasteiger partial charge in [0, 0.05) is 11.7 Å². The summed E-state index contributed by atoms with van der Waals surface area (Å²) in [5, 5.41) is 0.303. The van der Waals surface area contributed by atoms with E-state index in [9.17, 15) is 4.79 Å². The van der Waals surface area contributed by atoms with Crippen molar-refractivity contribution in [1.82, 2.24) is 4.98 Å². The third kappa shape index (κ3) is 2.18. The summed E-state index contributed by atoms with van der Waals surface area (Å²) in [6.45, 7) is 7.90. The lowest BCUT2D eigenvalue weighted by Crippen LogP contribution is -2.41. The fourth-order valence-corrected chi connectivity index (χ4v) is 1.88. The van der Waals surface area contributed by atoms with Crippen LogP contribution in [0.25, 0.3) is 0 Å². The molecule has 0 atom stereocenters. The van der Waals surface area contributed by atoms with Crippen molar-refractivity contribution in [3.63, 3.8) is 0 Å². The molecule has 1 fully saturated rings. The van der Waals surface area contributed by atoms with Crippen LogP contribution < -0.4 is 5.46 Å². The van der Waals surface area contributed by atoms with E-state index in [0.717, 1.165) is 0 Å². The topological polar surface area (TPSA) is 48.4 Å². The lowest BCUT2D eigenvalue weighted by molar-refractivity contribution is 0.00578. The van der Waals surface area contributed by atoms with Crippen LogP contribution >= 0.6 is 11.6 Å². The van der Waals surface area contributed by atoms with E-state index in [-0.39, 0.29) is 5.69 Å². The number of carbonyl (C=O) groups is 1. The highest BCUT2D eigenvalue weighted by molar-refractivity contribution is 6.62. The average molecular weight is 268 g/mol. The van der Waals surface area contributed by atoms with Crippen LogP contribution in [-0.4, -0.2) is 29.6 Å². The molecule has 0 aromatic carbocycles. The number of hydrogen-bond donors (Lipinski definition) is 0. The Kier molecular flexibility index (Phi) is 3.26. The molecule has 0 amide bonds. The van der Waals surface area contributed by atoms with Gasteiger partial charge in [0.1, 0.15) is 5.69 Å². The number of halogens is 1. The first kappa shape index (κ1) is 13.5. The molecule has 0 spiro atoms. The smallest absolute Gasteiger partial charge is 0.399 e. The van der Waals surface area contributed by atoms with Crippen LogP contribution in [-0.2, 0) is 9.31 Å². The predicted octanol–water partition coefficient (Wildman–Crippen LogP) is 1.85. The number of hydrogen-bond acceptors (Lipinski definition) is 4. The molecule has 1 saturated heterocycles. The van der Waals surface area contributed by atoms with Crippen molar-refractivity contribution in [2.45, 2.75) is 38.9 Å². The second kappa shape index (κ2) is 4.33. The zero-order valence-electron chi connectivity index (χ0n) is 10.9. The van der Waals surface area contributed by atoms with E-state index in [4.69, 9.17) is 20.9 Å². The fraction of sp³-hybridized carbons (Fsp3) is 0.500. The van der Waals surface area contributed by atoms with Gasteiger partial charge >= 0.3 is 7.12 Å². The van der Waals surface area contributed by atoms with E-state index in [2.05, 4.69) is 4.98 Å². The molecular formula is C12H15BClNO3. The minimum Gasteiger partial charge on any atom is -0.399 e. The van der Waals surface area contributed by atoms with E-state index in [1.165, 1.54) is 0 Å². The highest BCUT2D eigenvalue weighted by Crippen LogP contribution is 2.36. The summed E-state index contributed by atoms with van der Waals surface area (Å²) >= 11 is 5.95. The molecule has 4 nitrogen and oxygen atoms in total. The number of aldehydes is 1. The molecule has 18 heavy (non-hydrogen) atoms. The van der Waals surface area contributed by atoms with E-state index >= 15 is 0 Å². The minimum absolute atomic E-state index is 0.219. The number of nitrogens with zero attached hydrogens (tertiary/aromatic N) is 1. The molecule has 6 heteroatoms. The van der Waals surface area contributed by atoms with Gasteiger partial charge in [-0.2, -0.15) is 0 Å². The molecule has 2 rings (SSSR count). The molecule has 0 saturated carbocycles. The lowest BCUT2D eigenvalue weighted by Gasteiger charge is -2.32. The lowest BCUT2D eigenvalue weighted by atomic mass is 9.80. The largest absolute Gasteiger partial charge is 0.496 e. The van der Waals surface area contributed by atoms with Gasteiger partial charge < -0.3 is 9.31 Å². The molecule has 0 N–H and O–H groups in total. The van der Waals surface area contributed by atoms with Crippen molar-refractivity contribution in [3.8, 4) is 0 Å². The van der Waals surface area contributed by atoms with Crippen LogP contribution in [0.3, 0.4) is 0 Å². The van der Waals surface area contributed by atoms with E-state index < -0.39 is 18.3 Å². The fourth-order valence-electron chi connectivity index (χ4n) is 1.66. The van der Waals surface area contributed by atoms with E-state index in [1.807, 2.05) is 27.7 Å². The summed E-state index contributed by atoms with van der Waals surface area (Å²) in [5.41, 5.74) is 0.113. The summed E-state index contributed by atoms with van der Waals surface area (Å²) in [7, 11) is -0.513. The molecule has 96 valence electrons. The summed E-state index contributed by atoms with van der Waals surface area (Å²) in [6.07, 6.45) is 2.17. The molecule has 1 aromatic heterocycles. The number of rotatable bonds is 2. The molecule has 0 unspecified atom stereocenters. The van der Waals surface area contributed by atoms with Crippen molar-refractivity contribution in [3.05, 3.63) is 23.0 Å². The van der Waals surface area contributed by atoms with Crippen molar-refractivity contribution >= 4 is 30.5 Å². The Bertz CT molecular complexity index is 474. The predicted molar refractivity (Wildman–Crippen MR) is 70.4 cm³/mol. The summed E-state index contributed by atoms with van der Waals surface area (Å²) in [6, 6.07) is 1.65. The second-order valence-corrected chi connectivity index (χ2v) is 5.75. The quantitative estimate of drug-likeness (QED) is 0.606. The van der Waals surface area contributed by atoms with Crippen LogP contribution in [0.1, 0.15) is 38.2 Å². The highest BCUT2D eigenvalue weighted by atomic mass is 35.5. The van der Waals surface area contributed by atoms with Crippen LogP contribution in [0.15, 0.2) is 12.3 Å². The number of pyridine rings is 1. The molecule has 2 heterocycles. The SMILES string of the molecule is CC1(C)OB(c2cnc(C=O)c(Cl)c2)OC1(C)C. The second-order valence-electron chi connectivity index (χ2n) is 5.34. The molecule has 0 radical (unpaired) electrons. The third-order valence-corrected chi connectivity index (χ3v) is 3.83. The van der Waals surface area contributed by atoms with E-state index in [0.29, 0.717) is 16.8 Å². The van der Waals surface area contributed by atoms with Gasteiger partial charge in [-0.05, 0) is 33.8 Å². The summed E-state index contributed by atoms with van der Waals surface area (Å²) in [4.78, 5) is 14.6. The van der Waals surface area contributed by atoms with Gasteiger partial charge in [-0.3, -0.25) is 9.78 Å². The van der Waals surface area contributed by atoms with Gasteiger partial charge in [-0.15, -0.1) is 0 Å². The van der Waals surface area contributed by atoms with Gasteiger partial charge in [0.05, 0.1) is 16.2 Å². The molecule has 0 bridgehead atoms. The van der Waals surface area contributed by atoms with Gasteiger partial charge in [0.25, 0.3) is 0 Å². The van der Waals surface area contributed by atoms with Gasteiger partial charge in [-0.25, -0.2) is 0 Å². The molecule has 1 aromatic rings. The van der Waals surface area contributed by atoms with Crippen LogP contribution in [0.5, 0.6) is 0 Å². The Hall–Kier alpha value is -0.905. The Morgan fingerprint density at radius 2 is 1.83 bits per heavy atom. The first-order chi connectivity index (χ1) is 8.27. The molecular weight excluding hydrogens is 252 g/mol. The zero-order chi connectivity index (χ0) is 13.6. The van der Waals surface area contributed by atoms with Crippen molar-refractivity contribution in [2.75, 3.05) is 0 Å². The third-order valence-electron chi connectivity index (χ3n) is 3.53. The maximum atomic E-state index is 10.7. The molecule has 1 aliphatic rings. The Morgan fingerprint density at radius 3 is 2.28 bits per heavy atom. The first-order valence-electron chi connectivity index (χ1n) is 5.73. The van der Waals surface area contributed by atoms with Gasteiger partial charge in [0.2, 0.25) is 0 Å². The Labute approximate surface area is 112 Å². The number of carbonyl (C=O) groups excluding carboxylic acids is 1. The summed E-state index contributed by atoms with van der Waals surface area (Å²) < 4.78 is 11.7. The number of aromatic nitrogens is 1. The van der Waals surface area contributed by atoms with Gasteiger partial charge in [-0.1, -0.05) is 11.6 Å². The Balaban J connectivity index is 2.30. The monoisotopic (exact) mass is 267 g/mol. The minimum atomic E-state index is -0.513. The van der Waals surface area contributed by atoms with Crippen LogP contribution in [0.4, 0.5) is 0 Å². The van der Waals surface area contributed by atoms with Gasteiger partial charge in [0.15, 0.2) is 6.29 Å². The van der Waals surface area contributed by atoms with Crippen molar-refractivity contribution in [2.24, 2.45) is 0 Å². The highest BCUT2D eigenvalue weighted by Gasteiger charge is 2.51. The Morgan fingerprint density at radius 1 is 1.28 bits per heavy atom. The maximum Gasteiger partial charge on any atom is 0.496 e.